The fourth-order valence-corrected chi connectivity index (χ4v) is 2.75. The average Bonchev–Trinajstić information content (AvgIpc) is 2.87. The minimum atomic E-state index is 0.516. The molecule has 1 unspecified atom stereocenters. The van der Waals surface area contributed by atoms with Gasteiger partial charge in [-0.2, -0.15) is 0 Å². The van der Waals surface area contributed by atoms with E-state index >= 15 is 0 Å². The molecule has 2 rings (SSSR count). The fourth-order valence-electron chi connectivity index (χ4n) is 2.75. The predicted octanol–water partition coefficient (Wildman–Crippen LogP) is 2.62. The molecule has 1 atom stereocenters. The lowest BCUT2D eigenvalue weighted by Gasteiger charge is -2.29. The molecule has 1 aliphatic rings. The zero-order valence-corrected chi connectivity index (χ0v) is 12.4. The van der Waals surface area contributed by atoms with E-state index in [-0.39, 0.29) is 0 Å². The van der Waals surface area contributed by atoms with Gasteiger partial charge in [0, 0.05) is 32.0 Å². The van der Waals surface area contributed by atoms with Crippen LogP contribution in [0.5, 0.6) is 0 Å². The summed E-state index contributed by atoms with van der Waals surface area (Å²) in [5, 5.41) is 3.50. The Morgan fingerprint density at radius 2 is 2.11 bits per heavy atom. The summed E-state index contributed by atoms with van der Waals surface area (Å²) in [6.45, 7) is 10.5. The molecule has 1 aromatic rings. The Labute approximate surface area is 116 Å². The van der Waals surface area contributed by atoms with Gasteiger partial charge in [-0.15, -0.1) is 0 Å². The van der Waals surface area contributed by atoms with Crippen LogP contribution in [0, 0.1) is 11.8 Å². The number of nitrogens with zero attached hydrogens (tertiary/aromatic N) is 2. The first kappa shape index (κ1) is 14.5. The lowest BCUT2D eigenvalue weighted by atomic mass is 9.92. The Hall–Kier alpha value is -0.870. The van der Waals surface area contributed by atoms with Gasteiger partial charge in [-0.1, -0.05) is 13.8 Å². The summed E-state index contributed by atoms with van der Waals surface area (Å²) >= 11 is 0. The highest BCUT2D eigenvalue weighted by Crippen LogP contribution is 2.28. The van der Waals surface area contributed by atoms with Crippen molar-refractivity contribution in [1.29, 1.82) is 0 Å². The first-order valence-electron chi connectivity index (χ1n) is 7.47. The van der Waals surface area contributed by atoms with Crippen molar-refractivity contribution in [2.24, 2.45) is 11.8 Å². The van der Waals surface area contributed by atoms with Crippen LogP contribution in [-0.4, -0.2) is 29.3 Å². The van der Waals surface area contributed by atoms with Crippen LogP contribution in [0.25, 0.3) is 0 Å². The monoisotopic (exact) mass is 265 g/mol. The zero-order valence-electron chi connectivity index (χ0n) is 12.4. The van der Waals surface area contributed by atoms with Gasteiger partial charge in [-0.25, -0.2) is 4.98 Å². The SMILES string of the molecule is CC(C)CNCc1cncn1C(C)C1CCOCC1. The van der Waals surface area contributed by atoms with E-state index in [2.05, 4.69) is 35.6 Å². The molecular weight excluding hydrogens is 238 g/mol. The second-order valence-corrected chi connectivity index (χ2v) is 6.01. The summed E-state index contributed by atoms with van der Waals surface area (Å²) in [6.07, 6.45) is 6.30. The van der Waals surface area contributed by atoms with Gasteiger partial charge >= 0.3 is 0 Å². The highest BCUT2D eigenvalue weighted by molar-refractivity contribution is 5.00. The second-order valence-electron chi connectivity index (χ2n) is 6.01. The highest BCUT2D eigenvalue weighted by atomic mass is 16.5. The molecule has 1 fully saturated rings. The molecule has 0 spiro atoms. The Morgan fingerprint density at radius 3 is 2.79 bits per heavy atom. The van der Waals surface area contributed by atoms with Crippen molar-refractivity contribution in [2.45, 2.75) is 46.2 Å². The Morgan fingerprint density at radius 1 is 1.37 bits per heavy atom. The van der Waals surface area contributed by atoms with Gasteiger partial charge in [0.25, 0.3) is 0 Å². The summed E-state index contributed by atoms with van der Waals surface area (Å²) in [6, 6.07) is 0.516. The summed E-state index contributed by atoms with van der Waals surface area (Å²) in [5.41, 5.74) is 1.29. The summed E-state index contributed by atoms with van der Waals surface area (Å²) in [4.78, 5) is 4.33. The van der Waals surface area contributed by atoms with E-state index in [9.17, 15) is 0 Å². The Bertz CT molecular complexity index is 369. The standard InChI is InChI=1S/C15H27N3O/c1-12(2)8-16-9-15-10-17-11-18(15)13(3)14-4-6-19-7-5-14/h10-14,16H,4-9H2,1-3H3. The van der Waals surface area contributed by atoms with E-state index in [1.165, 1.54) is 5.69 Å². The lowest BCUT2D eigenvalue weighted by molar-refractivity contribution is 0.0509. The predicted molar refractivity (Wildman–Crippen MR) is 77.0 cm³/mol. The van der Waals surface area contributed by atoms with E-state index in [1.807, 2.05) is 12.5 Å². The number of imidazole rings is 1. The van der Waals surface area contributed by atoms with Crippen LogP contribution in [0.1, 0.15) is 45.3 Å². The molecular formula is C15H27N3O. The van der Waals surface area contributed by atoms with Crippen molar-refractivity contribution < 1.29 is 4.74 Å². The van der Waals surface area contributed by atoms with Crippen LogP contribution in [0.2, 0.25) is 0 Å². The number of aromatic nitrogens is 2. The minimum absolute atomic E-state index is 0.516. The molecule has 1 aliphatic heterocycles. The fraction of sp³-hybridized carbons (Fsp3) is 0.800. The first-order chi connectivity index (χ1) is 9.18. The summed E-state index contributed by atoms with van der Waals surface area (Å²) in [7, 11) is 0. The largest absolute Gasteiger partial charge is 0.381 e. The van der Waals surface area contributed by atoms with Gasteiger partial charge in [0.2, 0.25) is 0 Å². The summed E-state index contributed by atoms with van der Waals surface area (Å²) in [5.74, 6) is 1.40. The normalized spacial score (nSPS) is 18.9. The quantitative estimate of drug-likeness (QED) is 0.859. The van der Waals surface area contributed by atoms with Crippen molar-refractivity contribution >= 4 is 0 Å². The summed E-state index contributed by atoms with van der Waals surface area (Å²) < 4.78 is 7.79. The average molecular weight is 265 g/mol. The van der Waals surface area contributed by atoms with Gasteiger partial charge in [0.1, 0.15) is 0 Å². The molecule has 0 bridgehead atoms. The number of rotatable bonds is 6. The van der Waals surface area contributed by atoms with Gasteiger partial charge < -0.3 is 14.6 Å². The van der Waals surface area contributed by atoms with E-state index in [4.69, 9.17) is 4.74 Å². The molecule has 1 saturated heterocycles. The van der Waals surface area contributed by atoms with Crippen LogP contribution in [0.4, 0.5) is 0 Å². The van der Waals surface area contributed by atoms with E-state index < -0.39 is 0 Å². The molecule has 0 radical (unpaired) electrons. The van der Waals surface area contributed by atoms with E-state index in [0.29, 0.717) is 17.9 Å². The minimum Gasteiger partial charge on any atom is -0.381 e. The van der Waals surface area contributed by atoms with Crippen molar-refractivity contribution in [2.75, 3.05) is 19.8 Å². The van der Waals surface area contributed by atoms with Gasteiger partial charge in [0.15, 0.2) is 0 Å². The topological polar surface area (TPSA) is 39.1 Å². The maximum atomic E-state index is 5.45. The van der Waals surface area contributed by atoms with Crippen molar-refractivity contribution in [3.63, 3.8) is 0 Å². The molecule has 108 valence electrons. The smallest absolute Gasteiger partial charge is 0.0951 e. The van der Waals surface area contributed by atoms with Crippen molar-refractivity contribution in [3.05, 3.63) is 18.2 Å². The van der Waals surface area contributed by atoms with Crippen molar-refractivity contribution in [1.82, 2.24) is 14.9 Å². The molecule has 0 aliphatic carbocycles. The third-order valence-corrected chi connectivity index (χ3v) is 3.99. The molecule has 1 N–H and O–H groups in total. The lowest BCUT2D eigenvalue weighted by Crippen LogP contribution is -2.26. The maximum absolute atomic E-state index is 5.45. The Balaban J connectivity index is 1.93. The molecule has 2 heterocycles. The number of hydrogen-bond acceptors (Lipinski definition) is 3. The van der Waals surface area contributed by atoms with E-state index in [0.717, 1.165) is 39.1 Å². The number of nitrogens with one attached hydrogen (secondary N) is 1. The molecule has 4 nitrogen and oxygen atoms in total. The Kier molecular flexibility index (Phi) is 5.40. The van der Waals surface area contributed by atoms with Gasteiger partial charge in [-0.3, -0.25) is 0 Å². The molecule has 4 heteroatoms. The zero-order chi connectivity index (χ0) is 13.7. The van der Waals surface area contributed by atoms with Crippen LogP contribution in [0.15, 0.2) is 12.5 Å². The van der Waals surface area contributed by atoms with E-state index in [1.54, 1.807) is 0 Å². The van der Waals surface area contributed by atoms with Crippen LogP contribution >= 0.6 is 0 Å². The second kappa shape index (κ2) is 7.06. The van der Waals surface area contributed by atoms with Crippen LogP contribution in [0.3, 0.4) is 0 Å². The van der Waals surface area contributed by atoms with Crippen LogP contribution < -0.4 is 5.32 Å². The molecule has 0 aromatic carbocycles. The molecule has 1 aromatic heterocycles. The molecule has 0 saturated carbocycles. The third kappa shape index (κ3) is 4.05. The molecule has 0 amide bonds. The first-order valence-corrected chi connectivity index (χ1v) is 7.47. The van der Waals surface area contributed by atoms with Gasteiger partial charge in [0.05, 0.1) is 12.0 Å². The number of hydrogen-bond donors (Lipinski definition) is 1. The maximum Gasteiger partial charge on any atom is 0.0951 e. The molecule has 19 heavy (non-hydrogen) atoms. The number of ether oxygens (including phenoxy) is 1. The van der Waals surface area contributed by atoms with Crippen molar-refractivity contribution in [3.8, 4) is 0 Å². The van der Waals surface area contributed by atoms with Crippen LogP contribution in [-0.2, 0) is 11.3 Å². The van der Waals surface area contributed by atoms with Gasteiger partial charge in [-0.05, 0) is 38.1 Å². The third-order valence-electron chi connectivity index (χ3n) is 3.99. The highest BCUT2D eigenvalue weighted by Gasteiger charge is 2.22.